The van der Waals surface area contributed by atoms with Crippen LogP contribution in [-0.2, 0) is 6.42 Å². The summed E-state index contributed by atoms with van der Waals surface area (Å²) in [7, 11) is 0. The predicted molar refractivity (Wildman–Crippen MR) is 63.4 cm³/mol. The molecule has 0 spiro atoms. The van der Waals surface area contributed by atoms with Crippen molar-refractivity contribution in [3.63, 3.8) is 0 Å². The van der Waals surface area contributed by atoms with E-state index in [0.29, 0.717) is 0 Å². The molecule has 0 aliphatic heterocycles. The van der Waals surface area contributed by atoms with Crippen LogP contribution in [0, 0.1) is 0 Å². The Bertz CT molecular complexity index is 262. The number of furan rings is 1. The van der Waals surface area contributed by atoms with E-state index in [2.05, 4.69) is 25.4 Å². The molecule has 0 saturated carbocycles. The molecule has 1 aromatic heterocycles. The summed E-state index contributed by atoms with van der Waals surface area (Å²) in [6.45, 7) is 1.95. The molecule has 73 valence electrons. The Morgan fingerprint density at radius 1 is 1.62 bits per heavy atom. The molecular formula is C8H12Br2NOSn. The maximum absolute atomic E-state index is 5.76. The summed E-state index contributed by atoms with van der Waals surface area (Å²) < 4.78 is 6.55. The van der Waals surface area contributed by atoms with Gasteiger partial charge in [0.25, 0.3) is 0 Å². The van der Waals surface area contributed by atoms with Crippen LogP contribution in [0.3, 0.4) is 0 Å². The quantitative estimate of drug-likeness (QED) is 0.766. The average Bonchev–Trinajstić information content (AvgIpc) is 2.47. The first-order valence-corrected chi connectivity index (χ1v) is 18.9. The van der Waals surface area contributed by atoms with E-state index in [9.17, 15) is 0 Å². The van der Waals surface area contributed by atoms with Crippen molar-refractivity contribution in [2.75, 3.05) is 0 Å². The molecule has 1 unspecified atom stereocenters. The molecule has 1 heterocycles. The van der Waals surface area contributed by atoms with Gasteiger partial charge in [-0.05, 0) is 0 Å². The van der Waals surface area contributed by atoms with Gasteiger partial charge < -0.3 is 0 Å². The third kappa shape index (κ3) is 3.93. The van der Waals surface area contributed by atoms with Crippen LogP contribution in [0.2, 0.25) is 4.44 Å². The molecule has 13 heavy (non-hydrogen) atoms. The molecule has 0 aliphatic carbocycles. The number of nitrogens with two attached hydrogens (primary N) is 1. The Morgan fingerprint density at radius 3 is 2.85 bits per heavy atom. The van der Waals surface area contributed by atoms with E-state index in [1.807, 2.05) is 13.0 Å². The molecule has 1 aromatic rings. The normalized spacial score (nSPS) is 13.6. The zero-order valence-electron chi connectivity index (χ0n) is 7.39. The molecule has 0 aromatic carbocycles. The summed E-state index contributed by atoms with van der Waals surface area (Å²) in [5.74, 6) is 0.935. The van der Waals surface area contributed by atoms with Gasteiger partial charge in [0.05, 0.1) is 0 Å². The van der Waals surface area contributed by atoms with E-state index in [4.69, 9.17) is 10.2 Å². The molecule has 1 radical (unpaired) electrons. The zero-order chi connectivity index (χ0) is 9.84. The fourth-order valence-corrected chi connectivity index (χ4v) is 5.15. The second kappa shape index (κ2) is 5.78. The van der Waals surface area contributed by atoms with Crippen LogP contribution in [0.4, 0.5) is 0 Å². The van der Waals surface area contributed by atoms with Gasteiger partial charge >= 0.3 is 98.4 Å². The van der Waals surface area contributed by atoms with Crippen LogP contribution in [0.5, 0.6) is 0 Å². The van der Waals surface area contributed by atoms with E-state index in [1.54, 1.807) is 6.26 Å². The van der Waals surface area contributed by atoms with Gasteiger partial charge in [-0.1, -0.05) is 0 Å². The summed E-state index contributed by atoms with van der Waals surface area (Å²) in [5, 5.41) is 0. The van der Waals surface area contributed by atoms with Crippen LogP contribution >= 0.6 is 25.4 Å². The van der Waals surface area contributed by atoms with Gasteiger partial charge in [-0.25, -0.2) is 0 Å². The van der Waals surface area contributed by atoms with Crippen LogP contribution in [0.15, 0.2) is 16.7 Å². The first kappa shape index (κ1) is 12.1. The first-order valence-electron chi connectivity index (χ1n) is 4.10. The minimum absolute atomic E-state index is 0.00250. The zero-order valence-corrected chi connectivity index (χ0v) is 13.4. The molecule has 2 N–H and O–H groups in total. The summed E-state index contributed by atoms with van der Waals surface area (Å²) >= 11 is 5.95. The Morgan fingerprint density at radius 2 is 2.31 bits per heavy atom. The van der Waals surface area contributed by atoms with E-state index in [1.165, 1.54) is 10.0 Å². The van der Waals surface area contributed by atoms with Crippen molar-refractivity contribution in [2.45, 2.75) is 23.8 Å². The summed E-state index contributed by atoms with van der Waals surface area (Å²) in [5.41, 5.74) is 7.02. The molecular weight excluding hydrogens is 405 g/mol. The van der Waals surface area contributed by atoms with Crippen molar-refractivity contribution in [3.8, 4) is 0 Å². The van der Waals surface area contributed by atoms with Gasteiger partial charge in [0.1, 0.15) is 0 Å². The van der Waals surface area contributed by atoms with E-state index in [0.717, 1.165) is 12.2 Å². The monoisotopic (exact) mass is 416 g/mol. The number of aryl methyl sites for hydroxylation is 1. The minimum atomic E-state index is -1.32. The third-order valence-electron chi connectivity index (χ3n) is 1.78. The van der Waals surface area contributed by atoms with Crippen LogP contribution < -0.4 is 5.73 Å². The summed E-state index contributed by atoms with van der Waals surface area (Å²) in [6, 6.07) is 2.02. The molecule has 0 fully saturated rings. The summed E-state index contributed by atoms with van der Waals surface area (Å²) in [6.07, 6.45) is 2.79. The fraction of sp³-hybridized carbons (Fsp3) is 0.500. The van der Waals surface area contributed by atoms with Gasteiger partial charge in [0, 0.05) is 0 Å². The van der Waals surface area contributed by atoms with Crippen molar-refractivity contribution in [1.29, 1.82) is 0 Å². The van der Waals surface area contributed by atoms with Gasteiger partial charge in [-0.15, -0.1) is 0 Å². The Kier molecular flexibility index (Phi) is 5.36. The predicted octanol–water partition coefficient (Wildman–Crippen LogP) is 3.12. The van der Waals surface area contributed by atoms with E-state index < -0.39 is 15.3 Å². The SMILES string of the molecule is CC(N)c1occc1C[CH2][Sn]([Br])[Br]. The maximum atomic E-state index is 5.76. The van der Waals surface area contributed by atoms with Crippen molar-refractivity contribution in [1.82, 2.24) is 0 Å². The second-order valence-electron chi connectivity index (χ2n) is 2.94. The van der Waals surface area contributed by atoms with Crippen molar-refractivity contribution in [3.05, 3.63) is 23.7 Å². The van der Waals surface area contributed by atoms with Gasteiger partial charge in [-0.3, -0.25) is 0 Å². The van der Waals surface area contributed by atoms with Crippen LogP contribution in [0.25, 0.3) is 0 Å². The Balaban J connectivity index is 2.60. The van der Waals surface area contributed by atoms with Crippen LogP contribution in [-0.4, -0.2) is 15.3 Å². The van der Waals surface area contributed by atoms with Crippen molar-refractivity contribution >= 4 is 40.7 Å². The van der Waals surface area contributed by atoms with E-state index >= 15 is 0 Å². The molecule has 1 atom stereocenters. The fourth-order valence-electron chi connectivity index (χ4n) is 1.18. The molecule has 2 nitrogen and oxygen atoms in total. The Labute approximate surface area is 97.5 Å². The average molecular weight is 417 g/mol. The number of hydrogen-bond acceptors (Lipinski definition) is 2. The van der Waals surface area contributed by atoms with Crippen LogP contribution in [0.1, 0.15) is 24.3 Å². The molecule has 0 amide bonds. The molecule has 1 rings (SSSR count). The number of rotatable bonds is 4. The number of halogens is 2. The van der Waals surface area contributed by atoms with Crippen molar-refractivity contribution in [2.24, 2.45) is 5.73 Å². The summed E-state index contributed by atoms with van der Waals surface area (Å²) in [4.78, 5) is 0. The van der Waals surface area contributed by atoms with Gasteiger partial charge in [0.15, 0.2) is 0 Å². The first-order chi connectivity index (χ1) is 6.11. The molecule has 0 bridgehead atoms. The Hall–Kier alpha value is 0.999. The molecule has 0 aliphatic rings. The van der Waals surface area contributed by atoms with Gasteiger partial charge in [-0.2, -0.15) is 0 Å². The molecule has 5 heteroatoms. The van der Waals surface area contributed by atoms with Crippen molar-refractivity contribution < 1.29 is 4.42 Å². The third-order valence-corrected chi connectivity index (χ3v) is 8.89. The second-order valence-corrected chi connectivity index (χ2v) is 26.3. The van der Waals surface area contributed by atoms with Gasteiger partial charge in [0.2, 0.25) is 0 Å². The van der Waals surface area contributed by atoms with E-state index in [-0.39, 0.29) is 6.04 Å². The topological polar surface area (TPSA) is 39.2 Å². The molecule has 0 saturated heterocycles. The number of hydrogen-bond donors (Lipinski definition) is 1. The standard InChI is InChI=1S/C8H12NO.2BrH.Sn/c1-3-7-4-5-10-8(7)6(2)9;;;/h4-6H,1,3,9H2,2H3;2*1H;/q;;;+2/p-2.